The van der Waals surface area contributed by atoms with E-state index in [1.165, 1.54) is 11.8 Å². The van der Waals surface area contributed by atoms with Crippen molar-refractivity contribution in [3.63, 3.8) is 0 Å². The van der Waals surface area contributed by atoms with Crippen molar-refractivity contribution in [3.8, 4) is 0 Å². The van der Waals surface area contributed by atoms with Gasteiger partial charge < -0.3 is 10.3 Å². The van der Waals surface area contributed by atoms with Crippen molar-refractivity contribution in [1.29, 1.82) is 0 Å². The molecular weight excluding hydrogens is 360 g/mol. The van der Waals surface area contributed by atoms with Gasteiger partial charge in [-0.15, -0.1) is 0 Å². The molecule has 2 aromatic heterocycles. The largest absolute Gasteiger partial charge is 0.353 e. The third kappa shape index (κ3) is 4.80. The predicted octanol–water partition coefficient (Wildman–Crippen LogP) is 3.24. The Morgan fingerprint density at radius 2 is 2.07 bits per heavy atom. The molecular formula is C20H24N4O2S. The lowest BCUT2D eigenvalue weighted by atomic mass is 10.2. The van der Waals surface area contributed by atoms with Gasteiger partial charge in [0.05, 0.1) is 11.3 Å². The van der Waals surface area contributed by atoms with E-state index < -0.39 is 0 Å². The summed E-state index contributed by atoms with van der Waals surface area (Å²) in [5.41, 5.74) is 3.06. The zero-order valence-electron chi connectivity index (χ0n) is 15.6. The van der Waals surface area contributed by atoms with E-state index in [-0.39, 0.29) is 17.2 Å². The van der Waals surface area contributed by atoms with Gasteiger partial charge in [0, 0.05) is 18.8 Å². The number of aryl methyl sites for hydroxylation is 1. The van der Waals surface area contributed by atoms with Crippen molar-refractivity contribution in [2.75, 3.05) is 5.75 Å². The Labute approximate surface area is 162 Å². The first-order valence-electron chi connectivity index (χ1n) is 9.12. The highest BCUT2D eigenvalue weighted by atomic mass is 32.2. The SMILES string of the molecule is CCCCn1c(SCC(=O)NCc2ccccc2)nc2cc(C)[nH]c2c1=O. The second-order valence-electron chi connectivity index (χ2n) is 6.47. The fourth-order valence-corrected chi connectivity index (χ4v) is 3.67. The summed E-state index contributed by atoms with van der Waals surface area (Å²) in [7, 11) is 0. The lowest BCUT2D eigenvalue weighted by Gasteiger charge is -2.11. The molecule has 3 aromatic rings. The van der Waals surface area contributed by atoms with Crippen molar-refractivity contribution < 1.29 is 4.79 Å². The van der Waals surface area contributed by atoms with Crippen LogP contribution in [0.1, 0.15) is 31.0 Å². The number of carbonyl (C=O) groups is 1. The fourth-order valence-electron chi connectivity index (χ4n) is 2.81. The molecule has 0 aliphatic carbocycles. The van der Waals surface area contributed by atoms with E-state index in [1.807, 2.05) is 43.3 Å². The van der Waals surface area contributed by atoms with E-state index >= 15 is 0 Å². The highest BCUT2D eigenvalue weighted by Crippen LogP contribution is 2.19. The van der Waals surface area contributed by atoms with Gasteiger partial charge in [0.25, 0.3) is 5.56 Å². The van der Waals surface area contributed by atoms with Crippen molar-refractivity contribution >= 4 is 28.7 Å². The summed E-state index contributed by atoms with van der Waals surface area (Å²) in [6.07, 6.45) is 1.87. The first kappa shape index (κ1) is 19.2. The molecule has 0 unspecified atom stereocenters. The lowest BCUT2D eigenvalue weighted by Crippen LogP contribution is -2.27. The van der Waals surface area contributed by atoms with Gasteiger partial charge >= 0.3 is 0 Å². The zero-order valence-corrected chi connectivity index (χ0v) is 16.4. The first-order valence-corrected chi connectivity index (χ1v) is 10.1. The second kappa shape index (κ2) is 8.90. The molecule has 0 spiro atoms. The van der Waals surface area contributed by atoms with Crippen LogP contribution in [0.2, 0.25) is 0 Å². The first-order chi connectivity index (χ1) is 13.1. The Hall–Kier alpha value is -2.54. The van der Waals surface area contributed by atoms with Crippen LogP contribution >= 0.6 is 11.8 Å². The molecule has 0 aliphatic rings. The third-order valence-corrected chi connectivity index (χ3v) is 5.21. The lowest BCUT2D eigenvalue weighted by molar-refractivity contribution is -0.118. The molecule has 3 rings (SSSR count). The quantitative estimate of drug-likeness (QED) is 0.462. The summed E-state index contributed by atoms with van der Waals surface area (Å²) in [5.74, 6) is 0.144. The van der Waals surface area contributed by atoms with E-state index in [0.717, 1.165) is 24.1 Å². The molecule has 1 aromatic carbocycles. The summed E-state index contributed by atoms with van der Waals surface area (Å²) in [5, 5.41) is 3.50. The molecule has 0 fully saturated rings. The minimum absolute atomic E-state index is 0.0752. The molecule has 0 aliphatic heterocycles. The van der Waals surface area contributed by atoms with Gasteiger partial charge in [-0.2, -0.15) is 0 Å². The maximum Gasteiger partial charge on any atom is 0.278 e. The molecule has 27 heavy (non-hydrogen) atoms. The summed E-state index contributed by atoms with van der Waals surface area (Å²) in [6.45, 7) is 5.08. The van der Waals surface area contributed by atoms with Gasteiger partial charge in [0.15, 0.2) is 5.16 Å². The van der Waals surface area contributed by atoms with Crippen molar-refractivity contribution in [3.05, 3.63) is 58.0 Å². The topological polar surface area (TPSA) is 79.8 Å². The minimum Gasteiger partial charge on any atom is -0.353 e. The van der Waals surface area contributed by atoms with Gasteiger partial charge in [-0.3, -0.25) is 14.2 Å². The molecule has 2 N–H and O–H groups in total. The summed E-state index contributed by atoms with van der Waals surface area (Å²) < 4.78 is 1.68. The molecule has 0 saturated heterocycles. The van der Waals surface area contributed by atoms with Gasteiger partial charge in [-0.05, 0) is 25.0 Å². The minimum atomic E-state index is -0.0783. The van der Waals surface area contributed by atoms with E-state index in [1.54, 1.807) is 4.57 Å². The molecule has 0 radical (unpaired) electrons. The van der Waals surface area contributed by atoms with Gasteiger partial charge in [0.2, 0.25) is 5.91 Å². The number of benzene rings is 1. The van der Waals surface area contributed by atoms with Crippen LogP contribution < -0.4 is 10.9 Å². The highest BCUT2D eigenvalue weighted by Gasteiger charge is 2.14. The number of amides is 1. The van der Waals surface area contributed by atoms with Crippen LogP contribution in [-0.2, 0) is 17.9 Å². The van der Waals surface area contributed by atoms with Gasteiger partial charge in [-0.25, -0.2) is 4.98 Å². The summed E-state index contributed by atoms with van der Waals surface area (Å²) in [6, 6.07) is 11.6. The number of rotatable bonds is 8. The monoisotopic (exact) mass is 384 g/mol. The number of hydrogen-bond donors (Lipinski definition) is 2. The number of nitrogens with one attached hydrogen (secondary N) is 2. The molecule has 0 bridgehead atoms. The van der Waals surface area contributed by atoms with Crippen LogP contribution in [-0.4, -0.2) is 26.2 Å². The molecule has 7 heteroatoms. The number of H-pyrrole nitrogens is 1. The normalized spacial score (nSPS) is 11.0. The number of aromatic nitrogens is 3. The van der Waals surface area contributed by atoms with Crippen LogP contribution in [0.25, 0.3) is 11.0 Å². The van der Waals surface area contributed by atoms with Crippen LogP contribution in [0.5, 0.6) is 0 Å². The number of nitrogens with zero attached hydrogens (tertiary/aromatic N) is 2. The summed E-state index contributed by atoms with van der Waals surface area (Å²) >= 11 is 1.30. The zero-order chi connectivity index (χ0) is 19.2. The van der Waals surface area contributed by atoms with Crippen molar-refractivity contribution in [2.45, 2.75) is 44.9 Å². The Morgan fingerprint density at radius 1 is 1.30 bits per heavy atom. The molecule has 142 valence electrons. The number of fused-ring (bicyclic) bond motifs is 1. The average molecular weight is 385 g/mol. The average Bonchev–Trinajstić information content (AvgIpc) is 3.05. The molecule has 0 atom stereocenters. The van der Waals surface area contributed by atoms with E-state index in [4.69, 9.17) is 0 Å². The van der Waals surface area contributed by atoms with Crippen LogP contribution in [0, 0.1) is 6.92 Å². The molecule has 0 saturated carbocycles. The highest BCUT2D eigenvalue weighted by molar-refractivity contribution is 7.99. The van der Waals surface area contributed by atoms with Crippen LogP contribution in [0.4, 0.5) is 0 Å². The van der Waals surface area contributed by atoms with E-state index in [2.05, 4.69) is 22.2 Å². The molecule has 6 nitrogen and oxygen atoms in total. The summed E-state index contributed by atoms with van der Waals surface area (Å²) in [4.78, 5) is 32.7. The Balaban J connectivity index is 1.72. The number of carbonyl (C=O) groups excluding carboxylic acids is 1. The number of unbranched alkanes of at least 4 members (excludes halogenated alkanes) is 1. The number of hydrogen-bond acceptors (Lipinski definition) is 4. The molecule has 1 amide bonds. The third-order valence-electron chi connectivity index (χ3n) is 4.24. The van der Waals surface area contributed by atoms with E-state index in [0.29, 0.717) is 29.3 Å². The smallest absolute Gasteiger partial charge is 0.278 e. The Morgan fingerprint density at radius 3 is 2.81 bits per heavy atom. The predicted molar refractivity (Wildman–Crippen MR) is 109 cm³/mol. The molecule has 2 heterocycles. The van der Waals surface area contributed by atoms with Gasteiger partial charge in [0.1, 0.15) is 5.52 Å². The second-order valence-corrected chi connectivity index (χ2v) is 7.41. The van der Waals surface area contributed by atoms with E-state index in [9.17, 15) is 9.59 Å². The van der Waals surface area contributed by atoms with Crippen molar-refractivity contribution in [1.82, 2.24) is 19.9 Å². The van der Waals surface area contributed by atoms with Gasteiger partial charge in [-0.1, -0.05) is 55.4 Å². The van der Waals surface area contributed by atoms with Crippen molar-refractivity contribution in [2.24, 2.45) is 0 Å². The maximum atomic E-state index is 12.8. The standard InChI is InChI=1S/C20H24N4O2S/c1-3-4-10-24-19(26)18-16(11-14(2)22-18)23-20(24)27-13-17(25)21-12-15-8-6-5-7-9-15/h5-9,11,22H,3-4,10,12-13H2,1-2H3,(H,21,25). The fraction of sp³-hybridized carbons (Fsp3) is 0.350. The number of aromatic amines is 1. The maximum absolute atomic E-state index is 12.8. The van der Waals surface area contributed by atoms with Crippen LogP contribution in [0.3, 0.4) is 0 Å². The Kier molecular flexibility index (Phi) is 6.34. The van der Waals surface area contributed by atoms with Crippen LogP contribution in [0.15, 0.2) is 46.3 Å². The Bertz CT molecular complexity index is 979. The number of thioether (sulfide) groups is 1.